The van der Waals surface area contributed by atoms with Crippen LogP contribution < -0.4 is 9.47 Å². The lowest BCUT2D eigenvalue weighted by atomic mass is 10.1. The van der Waals surface area contributed by atoms with Gasteiger partial charge in [-0.25, -0.2) is 9.37 Å². The number of aryl methyl sites for hydroxylation is 3. The summed E-state index contributed by atoms with van der Waals surface area (Å²) < 4.78 is 27.4. The number of aliphatic hydroxyl groups is 1. The average Bonchev–Trinajstić information content (AvgIpc) is 3.10. The van der Waals surface area contributed by atoms with Crippen LogP contribution in [0.4, 0.5) is 4.39 Å². The molecule has 0 aliphatic rings. The highest BCUT2D eigenvalue weighted by Gasteiger charge is 2.17. The Balaban J connectivity index is 1.53. The number of nitrogens with zero attached hydrogens (tertiary/aromatic N) is 2. The maximum atomic E-state index is 13.8. The fourth-order valence-corrected chi connectivity index (χ4v) is 3.98. The molecule has 0 saturated heterocycles. The van der Waals surface area contributed by atoms with E-state index in [0.29, 0.717) is 5.82 Å². The van der Waals surface area contributed by atoms with E-state index in [4.69, 9.17) is 14.5 Å². The third-order valence-corrected chi connectivity index (χ3v) is 5.35. The van der Waals surface area contributed by atoms with E-state index >= 15 is 0 Å². The van der Waals surface area contributed by atoms with Gasteiger partial charge in [-0.2, -0.15) is 0 Å². The Hall–Kier alpha value is -3.38. The summed E-state index contributed by atoms with van der Waals surface area (Å²) in [6.45, 7) is 6.60. The summed E-state index contributed by atoms with van der Waals surface area (Å²) in [5.41, 5.74) is 5.06. The highest BCUT2D eigenvalue weighted by Crippen LogP contribution is 2.26. The predicted octanol–water partition coefficient (Wildman–Crippen LogP) is 5.12. The van der Waals surface area contributed by atoms with Crippen LogP contribution in [-0.2, 0) is 13.2 Å². The van der Waals surface area contributed by atoms with Gasteiger partial charge in [-0.1, -0.05) is 42.0 Å². The second kappa shape index (κ2) is 9.40. The van der Waals surface area contributed by atoms with E-state index in [0.717, 1.165) is 27.9 Å². The first-order valence-corrected chi connectivity index (χ1v) is 10.6. The van der Waals surface area contributed by atoms with Crippen molar-refractivity contribution in [1.82, 2.24) is 9.55 Å². The molecule has 4 aromatic rings. The first-order chi connectivity index (χ1) is 15.4. The number of benzene rings is 3. The lowest BCUT2D eigenvalue weighted by Crippen LogP contribution is -2.25. The number of ether oxygens (including phenoxy) is 2. The number of hydrogen-bond donors (Lipinski definition) is 1. The molecule has 0 fully saturated rings. The van der Waals surface area contributed by atoms with Crippen molar-refractivity contribution in [3.8, 4) is 11.5 Å². The third-order valence-electron chi connectivity index (χ3n) is 5.35. The Bertz CT molecular complexity index is 1210. The largest absolute Gasteiger partial charge is 0.488 e. The second-order valence-electron chi connectivity index (χ2n) is 8.04. The molecule has 0 spiro atoms. The molecule has 6 heteroatoms. The van der Waals surface area contributed by atoms with Gasteiger partial charge in [0.2, 0.25) is 0 Å². The molecular formula is C26H27FN2O3. The van der Waals surface area contributed by atoms with Gasteiger partial charge in [-0.15, -0.1) is 0 Å². The number of fused-ring (bicyclic) bond motifs is 1. The summed E-state index contributed by atoms with van der Waals surface area (Å²) in [5, 5.41) is 10.6. The van der Waals surface area contributed by atoms with Crippen LogP contribution >= 0.6 is 0 Å². The molecule has 1 aromatic heterocycles. The van der Waals surface area contributed by atoms with Gasteiger partial charge in [-0.05, 0) is 56.2 Å². The molecule has 32 heavy (non-hydrogen) atoms. The third kappa shape index (κ3) is 4.75. The highest BCUT2D eigenvalue weighted by atomic mass is 19.1. The zero-order chi connectivity index (χ0) is 22.7. The zero-order valence-electron chi connectivity index (χ0n) is 18.5. The van der Waals surface area contributed by atoms with Gasteiger partial charge >= 0.3 is 0 Å². The molecule has 5 nitrogen and oxygen atoms in total. The van der Waals surface area contributed by atoms with Gasteiger partial charge in [0.15, 0.2) is 11.6 Å². The van der Waals surface area contributed by atoms with Crippen molar-refractivity contribution in [2.24, 2.45) is 0 Å². The molecule has 1 heterocycles. The van der Waals surface area contributed by atoms with Crippen molar-refractivity contribution >= 4 is 11.0 Å². The number of aromatic nitrogens is 2. The molecule has 0 amide bonds. The molecule has 1 unspecified atom stereocenters. The van der Waals surface area contributed by atoms with E-state index in [2.05, 4.69) is 19.1 Å². The summed E-state index contributed by atoms with van der Waals surface area (Å²) in [5.74, 6) is 1.22. The van der Waals surface area contributed by atoms with Crippen molar-refractivity contribution in [3.05, 3.63) is 89.0 Å². The number of aliphatic hydroxyl groups excluding tert-OH is 1. The average molecular weight is 435 g/mol. The molecule has 166 valence electrons. The lowest BCUT2D eigenvalue weighted by Gasteiger charge is -2.17. The lowest BCUT2D eigenvalue weighted by molar-refractivity contribution is 0.0898. The molecule has 1 N–H and O–H groups in total. The van der Waals surface area contributed by atoms with Crippen LogP contribution in [0.1, 0.15) is 22.5 Å². The SMILES string of the molecule is Cc1cc(C)c(OCc2nc3ccccc3n2CC(O)COc2ccccc2F)c(C)c1. The molecule has 3 aromatic carbocycles. The smallest absolute Gasteiger partial charge is 0.165 e. The Kier molecular flexibility index (Phi) is 6.42. The number of halogens is 1. The van der Waals surface area contributed by atoms with Crippen molar-refractivity contribution in [2.75, 3.05) is 6.61 Å². The van der Waals surface area contributed by atoms with Crippen LogP contribution in [0.15, 0.2) is 60.7 Å². The van der Waals surface area contributed by atoms with Crippen molar-refractivity contribution < 1.29 is 19.0 Å². The quantitative estimate of drug-likeness (QED) is 0.418. The van der Waals surface area contributed by atoms with Gasteiger partial charge < -0.3 is 19.1 Å². The summed E-state index contributed by atoms with van der Waals surface area (Å²) >= 11 is 0. The van der Waals surface area contributed by atoms with Gasteiger partial charge in [0.05, 0.1) is 17.6 Å². The summed E-state index contributed by atoms with van der Waals surface area (Å²) in [7, 11) is 0. The van der Waals surface area contributed by atoms with Gasteiger partial charge in [-0.3, -0.25) is 0 Å². The van der Waals surface area contributed by atoms with E-state index in [-0.39, 0.29) is 25.5 Å². The maximum absolute atomic E-state index is 13.8. The summed E-state index contributed by atoms with van der Waals surface area (Å²) in [6, 6.07) is 18.1. The van der Waals surface area contributed by atoms with E-state index < -0.39 is 11.9 Å². The molecule has 0 saturated carbocycles. The van der Waals surface area contributed by atoms with Crippen molar-refractivity contribution in [3.63, 3.8) is 0 Å². The molecule has 0 bridgehead atoms. The van der Waals surface area contributed by atoms with E-state index in [9.17, 15) is 9.50 Å². The van der Waals surface area contributed by atoms with Crippen LogP contribution in [0.2, 0.25) is 0 Å². The van der Waals surface area contributed by atoms with Crippen LogP contribution in [0, 0.1) is 26.6 Å². The molecule has 0 aliphatic heterocycles. The predicted molar refractivity (Wildman–Crippen MR) is 123 cm³/mol. The summed E-state index contributed by atoms with van der Waals surface area (Å²) in [4.78, 5) is 4.72. The standard InChI is InChI=1S/C26H27FN2O3/c1-17-12-18(2)26(19(3)13-17)32-16-25-28-22-9-5-6-10-23(22)29(25)14-20(30)15-31-24-11-7-4-8-21(24)27/h4-13,20,30H,14-16H2,1-3H3. The zero-order valence-corrected chi connectivity index (χ0v) is 18.5. The minimum absolute atomic E-state index is 0.0378. The van der Waals surface area contributed by atoms with E-state index in [1.807, 2.05) is 42.7 Å². The van der Waals surface area contributed by atoms with E-state index in [1.54, 1.807) is 18.2 Å². The maximum Gasteiger partial charge on any atom is 0.165 e. The van der Waals surface area contributed by atoms with Crippen LogP contribution in [-0.4, -0.2) is 27.4 Å². The fraction of sp³-hybridized carbons (Fsp3) is 0.269. The van der Waals surface area contributed by atoms with Crippen LogP contribution in [0.25, 0.3) is 11.0 Å². The Morgan fingerprint density at radius 1 is 0.969 bits per heavy atom. The normalized spacial score (nSPS) is 12.2. The second-order valence-corrected chi connectivity index (χ2v) is 8.04. The van der Waals surface area contributed by atoms with Gasteiger partial charge in [0.25, 0.3) is 0 Å². The van der Waals surface area contributed by atoms with Crippen molar-refractivity contribution in [2.45, 2.75) is 40.0 Å². The first-order valence-electron chi connectivity index (χ1n) is 10.6. The molecule has 1 atom stereocenters. The van der Waals surface area contributed by atoms with Crippen molar-refractivity contribution in [1.29, 1.82) is 0 Å². The molecule has 0 aliphatic carbocycles. The monoisotopic (exact) mass is 434 g/mol. The van der Waals surface area contributed by atoms with Crippen LogP contribution in [0.5, 0.6) is 11.5 Å². The number of rotatable bonds is 8. The van der Waals surface area contributed by atoms with Gasteiger partial charge in [0.1, 0.15) is 30.9 Å². The first kappa shape index (κ1) is 21.8. The Morgan fingerprint density at radius 3 is 2.41 bits per heavy atom. The van der Waals surface area contributed by atoms with E-state index in [1.165, 1.54) is 11.6 Å². The molecule has 0 radical (unpaired) electrons. The topological polar surface area (TPSA) is 56.5 Å². The minimum atomic E-state index is -0.853. The fourth-order valence-electron chi connectivity index (χ4n) is 3.98. The Morgan fingerprint density at radius 2 is 1.66 bits per heavy atom. The minimum Gasteiger partial charge on any atom is -0.488 e. The van der Waals surface area contributed by atoms with Crippen LogP contribution in [0.3, 0.4) is 0 Å². The number of hydrogen-bond acceptors (Lipinski definition) is 4. The number of imidazole rings is 1. The number of para-hydroxylation sites is 3. The molecule has 4 rings (SSSR count). The molecular weight excluding hydrogens is 407 g/mol. The Labute approximate surface area is 187 Å². The van der Waals surface area contributed by atoms with Gasteiger partial charge in [0, 0.05) is 0 Å². The summed E-state index contributed by atoms with van der Waals surface area (Å²) in [6.07, 6.45) is -0.853. The highest BCUT2D eigenvalue weighted by molar-refractivity contribution is 5.75.